The van der Waals surface area contributed by atoms with E-state index in [1.54, 1.807) is 0 Å². The number of carbonyl (C=O) groups is 1. The van der Waals surface area contributed by atoms with E-state index in [0.29, 0.717) is 6.54 Å². The number of benzene rings is 2. The normalized spacial score (nSPS) is 12.2. The van der Waals surface area contributed by atoms with Crippen LogP contribution >= 0.6 is 11.8 Å². The summed E-state index contributed by atoms with van der Waals surface area (Å²) in [4.78, 5) is 17.0. The number of fused-ring (bicyclic) bond motifs is 1. The molecule has 1 aromatic heterocycles. The van der Waals surface area contributed by atoms with Gasteiger partial charge in [0.25, 0.3) is 0 Å². The van der Waals surface area contributed by atoms with Crippen molar-refractivity contribution in [3.05, 3.63) is 60.2 Å². The van der Waals surface area contributed by atoms with Crippen molar-refractivity contribution in [3.63, 3.8) is 0 Å². The minimum atomic E-state index is -0.198. The zero-order valence-electron chi connectivity index (χ0n) is 13.9. The van der Waals surface area contributed by atoms with Crippen molar-refractivity contribution in [3.8, 4) is 0 Å². The first kappa shape index (κ1) is 16.6. The van der Waals surface area contributed by atoms with Gasteiger partial charge in [-0.15, -0.1) is 0 Å². The third kappa shape index (κ3) is 3.62. The summed E-state index contributed by atoms with van der Waals surface area (Å²) in [6, 6.07) is 18.0. The Bertz CT molecular complexity index is 829. The number of amides is 1. The number of para-hydroxylation sites is 2. The van der Waals surface area contributed by atoms with Crippen LogP contribution in [0.4, 0.5) is 0 Å². The Morgan fingerprint density at radius 3 is 2.62 bits per heavy atom. The maximum atomic E-state index is 12.4. The van der Waals surface area contributed by atoms with Crippen LogP contribution < -0.4 is 5.32 Å². The molecule has 1 amide bonds. The van der Waals surface area contributed by atoms with Crippen molar-refractivity contribution < 1.29 is 4.79 Å². The molecule has 1 heterocycles. The second-order valence-corrected chi connectivity index (χ2v) is 6.90. The average Bonchev–Trinajstić information content (AvgIpc) is 2.97. The predicted octanol–water partition coefficient (Wildman–Crippen LogP) is 3.85. The molecule has 4 nitrogen and oxygen atoms in total. The lowest BCUT2D eigenvalue weighted by Gasteiger charge is -2.12. The molecule has 5 heteroatoms. The van der Waals surface area contributed by atoms with Crippen molar-refractivity contribution in [2.75, 3.05) is 0 Å². The van der Waals surface area contributed by atoms with Gasteiger partial charge < -0.3 is 9.88 Å². The maximum Gasteiger partial charge on any atom is 0.233 e. The van der Waals surface area contributed by atoms with Crippen molar-refractivity contribution in [1.82, 2.24) is 14.9 Å². The molecule has 2 aromatic carbocycles. The Balaban J connectivity index is 1.68. The number of carbonyl (C=O) groups excluding carboxylic acids is 1. The van der Waals surface area contributed by atoms with Crippen LogP contribution in [0.3, 0.4) is 0 Å². The molecule has 3 aromatic rings. The van der Waals surface area contributed by atoms with Gasteiger partial charge in [0.05, 0.1) is 16.3 Å². The van der Waals surface area contributed by atoms with Crippen LogP contribution in [0, 0.1) is 0 Å². The minimum Gasteiger partial charge on any atom is -0.351 e. The number of hydrogen-bond donors (Lipinski definition) is 1. The Morgan fingerprint density at radius 1 is 1.17 bits per heavy atom. The van der Waals surface area contributed by atoms with Crippen molar-refractivity contribution in [2.24, 2.45) is 0 Å². The van der Waals surface area contributed by atoms with Crippen LogP contribution in [-0.4, -0.2) is 20.7 Å². The van der Waals surface area contributed by atoms with E-state index in [2.05, 4.69) is 27.9 Å². The highest BCUT2D eigenvalue weighted by atomic mass is 32.2. The van der Waals surface area contributed by atoms with E-state index in [-0.39, 0.29) is 11.2 Å². The molecule has 24 heavy (non-hydrogen) atoms. The zero-order chi connectivity index (χ0) is 16.9. The van der Waals surface area contributed by atoms with E-state index >= 15 is 0 Å². The Labute approximate surface area is 146 Å². The number of hydrogen-bond acceptors (Lipinski definition) is 3. The molecule has 124 valence electrons. The quantitative estimate of drug-likeness (QED) is 0.694. The average molecular weight is 339 g/mol. The summed E-state index contributed by atoms with van der Waals surface area (Å²) in [7, 11) is 0. The standard InChI is InChI=1S/C19H21N3OS/c1-3-22-17-12-8-7-11-16(17)21-19(22)24-14(2)18(23)20-13-15-9-5-4-6-10-15/h4-12,14H,3,13H2,1-2H3,(H,20,23). The first-order chi connectivity index (χ1) is 11.7. The van der Waals surface area contributed by atoms with Crippen molar-refractivity contribution >= 4 is 28.7 Å². The summed E-state index contributed by atoms with van der Waals surface area (Å²) in [5.74, 6) is 0.0264. The summed E-state index contributed by atoms with van der Waals surface area (Å²) in [6.45, 7) is 5.40. The van der Waals surface area contributed by atoms with E-state index < -0.39 is 0 Å². The molecule has 1 unspecified atom stereocenters. The fourth-order valence-corrected chi connectivity index (χ4v) is 3.60. The molecule has 1 atom stereocenters. The number of imidazole rings is 1. The highest BCUT2D eigenvalue weighted by molar-refractivity contribution is 8.00. The molecule has 0 saturated carbocycles. The van der Waals surface area contributed by atoms with Crippen LogP contribution in [0.15, 0.2) is 59.8 Å². The van der Waals surface area contributed by atoms with E-state index in [1.807, 2.05) is 55.5 Å². The van der Waals surface area contributed by atoms with Crippen LogP contribution in [0.25, 0.3) is 11.0 Å². The molecule has 0 fully saturated rings. The van der Waals surface area contributed by atoms with Crippen LogP contribution in [-0.2, 0) is 17.9 Å². The predicted molar refractivity (Wildman–Crippen MR) is 99.0 cm³/mol. The van der Waals surface area contributed by atoms with E-state index in [9.17, 15) is 4.79 Å². The van der Waals surface area contributed by atoms with E-state index in [4.69, 9.17) is 0 Å². The van der Waals surface area contributed by atoms with Crippen LogP contribution in [0.5, 0.6) is 0 Å². The summed E-state index contributed by atoms with van der Waals surface area (Å²) < 4.78 is 2.15. The molecule has 0 aliphatic carbocycles. The number of rotatable bonds is 6. The Morgan fingerprint density at radius 2 is 1.88 bits per heavy atom. The molecule has 0 spiro atoms. The third-order valence-corrected chi connectivity index (χ3v) is 4.99. The fourth-order valence-electron chi connectivity index (χ4n) is 2.59. The monoisotopic (exact) mass is 339 g/mol. The van der Waals surface area contributed by atoms with Gasteiger partial charge in [0.15, 0.2) is 5.16 Å². The summed E-state index contributed by atoms with van der Waals surface area (Å²) >= 11 is 1.50. The number of aryl methyl sites for hydroxylation is 1. The maximum absolute atomic E-state index is 12.4. The third-order valence-electron chi connectivity index (χ3n) is 3.90. The number of aromatic nitrogens is 2. The molecule has 0 bridgehead atoms. The number of thioether (sulfide) groups is 1. The highest BCUT2D eigenvalue weighted by Crippen LogP contribution is 2.27. The lowest BCUT2D eigenvalue weighted by atomic mass is 10.2. The lowest BCUT2D eigenvalue weighted by Crippen LogP contribution is -2.30. The van der Waals surface area contributed by atoms with E-state index in [1.165, 1.54) is 11.8 Å². The number of nitrogens with zero attached hydrogens (tertiary/aromatic N) is 2. The first-order valence-electron chi connectivity index (χ1n) is 8.12. The second-order valence-electron chi connectivity index (χ2n) is 5.59. The van der Waals surface area contributed by atoms with Crippen LogP contribution in [0.1, 0.15) is 19.4 Å². The smallest absolute Gasteiger partial charge is 0.233 e. The van der Waals surface area contributed by atoms with Gasteiger partial charge in [-0.05, 0) is 31.5 Å². The molecule has 0 aliphatic rings. The summed E-state index contributed by atoms with van der Waals surface area (Å²) in [6.07, 6.45) is 0. The molecule has 0 aliphatic heterocycles. The minimum absolute atomic E-state index is 0.0264. The Kier molecular flexibility index (Phi) is 5.20. The second kappa shape index (κ2) is 7.53. The largest absolute Gasteiger partial charge is 0.351 e. The zero-order valence-corrected chi connectivity index (χ0v) is 14.7. The van der Waals surface area contributed by atoms with Crippen molar-refractivity contribution in [2.45, 2.75) is 37.3 Å². The SMILES string of the molecule is CCn1c(SC(C)C(=O)NCc2ccccc2)nc2ccccc21. The van der Waals surface area contributed by atoms with Gasteiger partial charge in [0, 0.05) is 13.1 Å². The van der Waals surface area contributed by atoms with Crippen LogP contribution in [0.2, 0.25) is 0 Å². The van der Waals surface area contributed by atoms with Gasteiger partial charge in [-0.25, -0.2) is 4.98 Å². The van der Waals surface area contributed by atoms with Gasteiger partial charge in [0.2, 0.25) is 5.91 Å². The first-order valence-corrected chi connectivity index (χ1v) is 9.00. The highest BCUT2D eigenvalue weighted by Gasteiger charge is 2.18. The van der Waals surface area contributed by atoms with Gasteiger partial charge >= 0.3 is 0 Å². The topological polar surface area (TPSA) is 46.9 Å². The molecule has 0 saturated heterocycles. The van der Waals surface area contributed by atoms with Gasteiger partial charge in [0.1, 0.15) is 0 Å². The summed E-state index contributed by atoms with van der Waals surface area (Å²) in [5.41, 5.74) is 3.18. The fraction of sp³-hybridized carbons (Fsp3) is 0.263. The van der Waals surface area contributed by atoms with Gasteiger partial charge in [-0.2, -0.15) is 0 Å². The molecule has 3 rings (SSSR count). The molecule has 1 N–H and O–H groups in total. The number of nitrogens with one attached hydrogen (secondary N) is 1. The van der Waals surface area contributed by atoms with Gasteiger partial charge in [-0.3, -0.25) is 4.79 Å². The molecule has 0 radical (unpaired) electrons. The van der Waals surface area contributed by atoms with Crippen molar-refractivity contribution in [1.29, 1.82) is 0 Å². The molecular formula is C19H21N3OS. The Hall–Kier alpha value is -2.27. The summed E-state index contributed by atoms with van der Waals surface area (Å²) in [5, 5.41) is 3.68. The van der Waals surface area contributed by atoms with Gasteiger partial charge in [-0.1, -0.05) is 54.2 Å². The lowest BCUT2D eigenvalue weighted by molar-refractivity contribution is -0.120. The molecular weight excluding hydrogens is 318 g/mol. The van der Waals surface area contributed by atoms with E-state index in [0.717, 1.165) is 28.3 Å².